The molecule has 20 heavy (non-hydrogen) atoms. The van der Waals surface area contributed by atoms with E-state index in [-0.39, 0.29) is 12.1 Å². The Kier molecular flexibility index (Phi) is 4.29. The van der Waals surface area contributed by atoms with Gasteiger partial charge in [0.1, 0.15) is 0 Å². The number of benzene rings is 1. The molecule has 1 aromatic heterocycles. The highest BCUT2D eigenvalue weighted by Crippen LogP contribution is 2.26. The molecule has 1 heterocycles. The van der Waals surface area contributed by atoms with Gasteiger partial charge in [-0.1, -0.05) is 36.8 Å². The molecule has 2 rings (SSSR count). The molecule has 0 aliphatic heterocycles. The fourth-order valence-electron chi connectivity index (χ4n) is 2.57. The molecule has 0 amide bonds. The summed E-state index contributed by atoms with van der Waals surface area (Å²) < 4.78 is 2.10. The third-order valence-electron chi connectivity index (χ3n) is 4.25. The van der Waals surface area contributed by atoms with E-state index in [1.54, 1.807) is 0 Å². The van der Waals surface area contributed by atoms with Crippen LogP contribution in [0.5, 0.6) is 0 Å². The summed E-state index contributed by atoms with van der Waals surface area (Å²) in [6, 6.07) is 8.79. The molecule has 0 fully saturated rings. The minimum Gasteiger partial charge on any atom is -0.326 e. The van der Waals surface area contributed by atoms with Crippen molar-refractivity contribution in [3.63, 3.8) is 0 Å². The number of rotatable bonds is 4. The average molecular weight is 271 g/mol. The Bertz CT molecular complexity index is 581. The molecule has 2 aromatic rings. The molecule has 2 atom stereocenters. The summed E-state index contributed by atoms with van der Waals surface area (Å²) in [7, 11) is 0. The first-order valence-electron chi connectivity index (χ1n) is 7.30. The van der Waals surface area contributed by atoms with E-state index in [0.29, 0.717) is 0 Å². The Labute approximate surface area is 121 Å². The van der Waals surface area contributed by atoms with E-state index in [0.717, 1.165) is 12.1 Å². The third kappa shape index (κ3) is 2.63. The van der Waals surface area contributed by atoms with Crippen molar-refractivity contribution in [2.45, 2.75) is 53.1 Å². The summed E-state index contributed by atoms with van der Waals surface area (Å²) in [6.07, 6.45) is 0.927. The Morgan fingerprint density at radius 1 is 1.10 bits per heavy atom. The second-order valence-electron chi connectivity index (χ2n) is 5.67. The van der Waals surface area contributed by atoms with Crippen molar-refractivity contribution < 1.29 is 0 Å². The molecule has 0 saturated heterocycles. The fraction of sp³-hybridized carbons (Fsp3) is 0.471. The molecule has 3 heteroatoms. The predicted octanol–water partition coefficient (Wildman–Crippen LogP) is 3.44. The quantitative estimate of drug-likeness (QED) is 0.925. The van der Waals surface area contributed by atoms with Crippen LogP contribution in [0.15, 0.2) is 24.3 Å². The average Bonchev–Trinajstić information content (AvgIpc) is 2.69. The van der Waals surface area contributed by atoms with Crippen LogP contribution in [0, 0.1) is 27.7 Å². The summed E-state index contributed by atoms with van der Waals surface area (Å²) in [5.41, 5.74) is 12.4. The molecule has 0 bridgehead atoms. The number of aromatic nitrogens is 2. The number of nitrogens with two attached hydrogens (primary N) is 1. The fourth-order valence-corrected chi connectivity index (χ4v) is 2.57. The highest BCUT2D eigenvalue weighted by atomic mass is 15.3. The van der Waals surface area contributed by atoms with Crippen LogP contribution >= 0.6 is 0 Å². The summed E-state index contributed by atoms with van der Waals surface area (Å²) >= 11 is 0. The van der Waals surface area contributed by atoms with Crippen molar-refractivity contribution in [3.8, 4) is 0 Å². The first-order valence-corrected chi connectivity index (χ1v) is 7.30. The highest BCUT2D eigenvalue weighted by Gasteiger charge is 2.24. The van der Waals surface area contributed by atoms with Gasteiger partial charge in [0.05, 0.1) is 11.7 Å². The zero-order valence-electron chi connectivity index (χ0n) is 13.1. The monoisotopic (exact) mass is 271 g/mol. The molecule has 0 radical (unpaired) electrons. The zero-order chi connectivity index (χ0) is 14.9. The molecule has 3 nitrogen and oxygen atoms in total. The standard InChI is InChI=1S/C17H25N3/c1-6-16(18)17(15-9-7-11(2)8-10-15)20-14(5)12(3)13(4)19-20/h7-10,16-17H,6,18H2,1-5H3. The van der Waals surface area contributed by atoms with Crippen LogP contribution in [-0.2, 0) is 0 Å². The lowest BCUT2D eigenvalue weighted by Gasteiger charge is -2.25. The number of hydrogen-bond acceptors (Lipinski definition) is 2. The maximum atomic E-state index is 6.39. The third-order valence-corrected chi connectivity index (χ3v) is 4.25. The van der Waals surface area contributed by atoms with E-state index in [2.05, 4.69) is 63.6 Å². The molecule has 0 aliphatic rings. The van der Waals surface area contributed by atoms with E-state index in [1.165, 1.54) is 22.4 Å². The Morgan fingerprint density at radius 2 is 1.70 bits per heavy atom. The topological polar surface area (TPSA) is 43.8 Å². The molecule has 1 aromatic carbocycles. The Morgan fingerprint density at radius 3 is 2.15 bits per heavy atom. The number of hydrogen-bond donors (Lipinski definition) is 1. The van der Waals surface area contributed by atoms with Crippen LogP contribution < -0.4 is 5.73 Å². The van der Waals surface area contributed by atoms with Gasteiger partial charge in [0.25, 0.3) is 0 Å². The normalized spacial score (nSPS) is 14.3. The van der Waals surface area contributed by atoms with E-state index >= 15 is 0 Å². The van der Waals surface area contributed by atoms with Gasteiger partial charge in [-0.15, -0.1) is 0 Å². The molecule has 0 saturated carbocycles. The van der Waals surface area contributed by atoms with Crippen LogP contribution in [0.4, 0.5) is 0 Å². The van der Waals surface area contributed by atoms with Gasteiger partial charge in [-0.05, 0) is 45.2 Å². The van der Waals surface area contributed by atoms with Crippen molar-refractivity contribution in [1.29, 1.82) is 0 Å². The molecule has 0 spiro atoms. The van der Waals surface area contributed by atoms with Gasteiger partial charge in [0.2, 0.25) is 0 Å². The summed E-state index contributed by atoms with van der Waals surface area (Å²) in [4.78, 5) is 0. The smallest absolute Gasteiger partial charge is 0.0922 e. The van der Waals surface area contributed by atoms with Crippen molar-refractivity contribution in [3.05, 3.63) is 52.3 Å². The maximum Gasteiger partial charge on any atom is 0.0922 e. The first-order chi connectivity index (χ1) is 9.45. The van der Waals surface area contributed by atoms with Crippen LogP contribution in [-0.4, -0.2) is 15.8 Å². The molecule has 2 N–H and O–H groups in total. The van der Waals surface area contributed by atoms with Gasteiger partial charge in [-0.3, -0.25) is 4.68 Å². The largest absolute Gasteiger partial charge is 0.326 e. The molecule has 108 valence electrons. The van der Waals surface area contributed by atoms with Gasteiger partial charge >= 0.3 is 0 Å². The lowest BCUT2D eigenvalue weighted by molar-refractivity contribution is 0.415. The minimum absolute atomic E-state index is 0.0649. The lowest BCUT2D eigenvalue weighted by atomic mass is 9.97. The van der Waals surface area contributed by atoms with Gasteiger partial charge in [-0.2, -0.15) is 5.10 Å². The molecular weight excluding hydrogens is 246 g/mol. The molecule has 2 unspecified atom stereocenters. The van der Waals surface area contributed by atoms with E-state index in [9.17, 15) is 0 Å². The van der Waals surface area contributed by atoms with E-state index < -0.39 is 0 Å². The highest BCUT2D eigenvalue weighted by molar-refractivity contribution is 5.29. The van der Waals surface area contributed by atoms with Crippen LogP contribution in [0.3, 0.4) is 0 Å². The van der Waals surface area contributed by atoms with E-state index in [1.807, 2.05) is 0 Å². The molecular formula is C17H25N3. The minimum atomic E-state index is 0.0649. The van der Waals surface area contributed by atoms with Gasteiger partial charge in [0.15, 0.2) is 0 Å². The van der Waals surface area contributed by atoms with Crippen molar-refractivity contribution in [2.24, 2.45) is 5.73 Å². The second-order valence-corrected chi connectivity index (χ2v) is 5.67. The number of nitrogens with zero attached hydrogens (tertiary/aromatic N) is 2. The van der Waals surface area contributed by atoms with Crippen LogP contribution in [0.25, 0.3) is 0 Å². The first kappa shape index (κ1) is 14.8. The summed E-state index contributed by atoms with van der Waals surface area (Å²) in [5.74, 6) is 0. The van der Waals surface area contributed by atoms with Crippen molar-refractivity contribution >= 4 is 0 Å². The Balaban J connectivity index is 2.52. The number of aryl methyl sites for hydroxylation is 2. The van der Waals surface area contributed by atoms with Crippen molar-refractivity contribution in [2.75, 3.05) is 0 Å². The lowest BCUT2D eigenvalue weighted by Crippen LogP contribution is -2.33. The SMILES string of the molecule is CCC(N)C(c1ccc(C)cc1)n1nc(C)c(C)c1C. The van der Waals surface area contributed by atoms with Crippen LogP contribution in [0.1, 0.15) is 47.5 Å². The van der Waals surface area contributed by atoms with Gasteiger partial charge in [-0.25, -0.2) is 0 Å². The predicted molar refractivity (Wildman–Crippen MR) is 84.0 cm³/mol. The Hall–Kier alpha value is -1.61. The van der Waals surface area contributed by atoms with Crippen LogP contribution in [0.2, 0.25) is 0 Å². The van der Waals surface area contributed by atoms with Gasteiger partial charge in [0, 0.05) is 11.7 Å². The summed E-state index contributed by atoms with van der Waals surface area (Å²) in [6.45, 7) is 10.5. The maximum absolute atomic E-state index is 6.39. The molecule has 0 aliphatic carbocycles. The van der Waals surface area contributed by atoms with Gasteiger partial charge < -0.3 is 5.73 Å². The second kappa shape index (κ2) is 5.80. The van der Waals surface area contributed by atoms with E-state index in [4.69, 9.17) is 10.8 Å². The summed E-state index contributed by atoms with van der Waals surface area (Å²) in [5, 5.41) is 4.71. The van der Waals surface area contributed by atoms with Crippen molar-refractivity contribution in [1.82, 2.24) is 9.78 Å². The zero-order valence-corrected chi connectivity index (χ0v) is 13.1.